The van der Waals surface area contributed by atoms with E-state index >= 15 is 0 Å². The summed E-state index contributed by atoms with van der Waals surface area (Å²) in [7, 11) is -3.78. The van der Waals surface area contributed by atoms with Crippen molar-refractivity contribution < 1.29 is 17.6 Å². The highest BCUT2D eigenvalue weighted by atomic mass is 32.2. The largest absolute Gasteiger partial charge is 0.311 e. The summed E-state index contributed by atoms with van der Waals surface area (Å²) in [6.45, 7) is 2.44. The zero-order chi connectivity index (χ0) is 18.7. The highest BCUT2D eigenvalue weighted by Gasteiger charge is 2.35. The van der Waals surface area contributed by atoms with Crippen molar-refractivity contribution in [1.29, 1.82) is 0 Å². The second-order valence-electron chi connectivity index (χ2n) is 6.32. The van der Waals surface area contributed by atoms with E-state index in [9.17, 15) is 17.6 Å². The molecule has 1 aliphatic rings. The number of nitrogens with zero attached hydrogens (tertiary/aromatic N) is 1. The van der Waals surface area contributed by atoms with Crippen LogP contribution in [0, 0.1) is 5.82 Å². The van der Waals surface area contributed by atoms with Crippen LogP contribution in [0.1, 0.15) is 25.3 Å². The highest BCUT2D eigenvalue weighted by molar-refractivity contribution is 7.89. The Morgan fingerprint density at radius 1 is 1.12 bits per heavy atom. The molecule has 0 radical (unpaired) electrons. The van der Waals surface area contributed by atoms with Gasteiger partial charge in [0, 0.05) is 12.2 Å². The number of anilines is 1. The van der Waals surface area contributed by atoms with Crippen LogP contribution in [0.15, 0.2) is 53.4 Å². The van der Waals surface area contributed by atoms with Gasteiger partial charge in [0.15, 0.2) is 0 Å². The third kappa shape index (κ3) is 3.94. The predicted octanol–water partition coefficient (Wildman–Crippen LogP) is 2.86. The number of nitrogens with one attached hydrogen (secondary N) is 1. The number of rotatable bonds is 6. The van der Waals surface area contributed by atoms with E-state index in [0.717, 1.165) is 18.4 Å². The Labute approximate surface area is 152 Å². The Balaban J connectivity index is 1.72. The minimum Gasteiger partial charge on any atom is -0.311 e. The molecule has 0 bridgehead atoms. The number of hydrogen-bond donors (Lipinski definition) is 1. The van der Waals surface area contributed by atoms with Crippen molar-refractivity contribution in [2.75, 3.05) is 11.4 Å². The zero-order valence-electron chi connectivity index (χ0n) is 14.5. The molecule has 1 fully saturated rings. The molecule has 0 aromatic heterocycles. The fourth-order valence-corrected chi connectivity index (χ4v) is 4.27. The van der Waals surface area contributed by atoms with Crippen LogP contribution in [-0.4, -0.2) is 26.9 Å². The van der Waals surface area contributed by atoms with Gasteiger partial charge in [-0.1, -0.05) is 25.5 Å². The SMILES string of the molecule is CCCc1ccc(S(=O)(=O)N[C@@H]2CCN(c3ccc(F)cc3)C2=O)cc1. The lowest BCUT2D eigenvalue weighted by atomic mass is 10.1. The number of halogens is 1. The standard InChI is InChI=1S/C19H21FN2O3S/c1-2-3-14-4-10-17(11-5-14)26(24,25)21-18-12-13-22(19(18)23)16-8-6-15(20)7-9-16/h4-11,18,21H,2-3,12-13H2,1H3/t18-/m1/s1. The van der Waals surface area contributed by atoms with Crippen molar-refractivity contribution in [3.63, 3.8) is 0 Å². The zero-order valence-corrected chi connectivity index (χ0v) is 15.3. The van der Waals surface area contributed by atoms with Crippen LogP contribution in [0.4, 0.5) is 10.1 Å². The molecule has 138 valence electrons. The maximum Gasteiger partial charge on any atom is 0.245 e. The molecule has 7 heteroatoms. The van der Waals surface area contributed by atoms with Crippen LogP contribution in [0.3, 0.4) is 0 Å². The average molecular weight is 376 g/mol. The molecular weight excluding hydrogens is 355 g/mol. The summed E-state index contributed by atoms with van der Waals surface area (Å²) in [6, 6.07) is 11.5. The molecular formula is C19H21FN2O3S. The van der Waals surface area contributed by atoms with Crippen LogP contribution in [-0.2, 0) is 21.2 Å². The lowest BCUT2D eigenvalue weighted by molar-refractivity contribution is -0.118. The van der Waals surface area contributed by atoms with Gasteiger partial charge in [-0.25, -0.2) is 12.8 Å². The molecule has 1 aliphatic heterocycles. The molecule has 0 aliphatic carbocycles. The van der Waals surface area contributed by atoms with Crippen molar-refractivity contribution in [3.8, 4) is 0 Å². The smallest absolute Gasteiger partial charge is 0.245 e. The summed E-state index contributed by atoms with van der Waals surface area (Å²) >= 11 is 0. The Morgan fingerprint density at radius 3 is 2.38 bits per heavy atom. The van der Waals surface area contributed by atoms with Gasteiger partial charge in [-0.15, -0.1) is 0 Å². The fraction of sp³-hybridized carbons (Fsp3) is 0.316. The van der Waals surface area contributed by atoms with Crippen LogP contribution in [0.5, 0.6) is 0 Å². The van der Waals surface area contributed by atoms with Gasteiger partial charge in [0.1, 0.15) is 11.9 Å². The van der Waals surface area contributed by atoms with E-state index in [1.165, 1.54) is 29.2 Å². The number of aryl methyl sites for hydroxylation is 1. The average Bonchev–Trinajstić information content (AvgIpc) is 2.97. The summed E-state index contributed by atoms with van der Waals surface area (Å²) in [4.78, 5) is 14.2. The summed E-state index contributed by atoms with van der Waals surface area (Å²) < 4.78 is 40.6. The van der Waals surface area contributed by atoms with E-state index in [1.807, 2.05) is 0 Å². The Bertz CT molecular complexity index is 880. The van der Waals surface area contributed by atoms with Gasteiger partial charge >= 0.3 is 0 Å². The number of amides is 1. The maximum absolute atomic E-state index is 13.0. The van der Waals surface area contributed by atoms with E-state index in [-0.39, 0.29) is 16.6 Å². The van der Waals surface area contributed by atoms with Crippen molar-refractivity contribution in [2.24, 2.45) is 0 Å². The number of benzene rings is 2. The molecule has 0 spiro atoms. The van der Waals surface area contributed by atoms with Crippen molar-refractivity contribution in [2.45, 2.75) is 37.1 Å². The van der Waals surface area contributed by atoms with E-state index in [2.05, 4.69) is 11.6 Å². The van der Waals surface area contributed by atoms with Gasteiger partial charge in [0.2, 0.25) is 15.9 Å². The van der Waals surface area contributed by atoms with Gasteiger partial charge in [0.05, 0.1) is 4.90 Å². The highest BCUT2D eigenvalue weighted by Crippen LogP contribution is 2.23. The van der Waals surface area contributed by atoms with Crippen LogP contribution in [0.25, 0.3) is 0 Å². The lowest BCUT2D eigenvalue weighted by Crippen LogP contribution is -2.41. The molecule has 2 aromatic rings. The van der Waals surface area contributed by atoms with Gasteiger partial charge < -0.3 is 4.90 Å². The third-order valence-corrected chi connectivity index (χ3v) is 5.90. The molecule has 1 atom stereocenters. The molecule has 3 rings (SSSR count). The Kier molecular flexibility index (Phi) is 5.38. The number of carbonyl (C=O) groups excluding carboxylic acids is 1. The Morgan fingerprint density at radius 2 is 1.77 bits per heavy atom. The minimum absolute atomic E-state index is 0.144. The van der Waals surface area contributed by atoms with E-state index in [0.29, 0.717) is 18.7 Å². The normalized spacial score (nSPS) is 17.7. The molecule has 5 nitrogen and oxygen atoms in total. The lowest BCUT2D eigenvalue weighted by Gasteiger charge is -2.17. The van der Waals surface area contributed by atoms with Gasteiger partial charge in [-0.2, -0.15) is 4.72 Å². The van der Waals surface area contributed by atoms with Gasteiger partial charge in [-0.05, 0) is 54.8 Å². The first-order valence-electron chi connectivity index (χ1n) is 8.59. The van der Waals surface area contributed by atoms with E-state index in [4.69, 9.17) is 0 Å². The minimum atomic E-state index is -3.78. The van der Waals surface area contributed by atoms with E-state index < -0.39 is 16.1 Å². The molecule has 26 heavy (non-hydrogen) atoms. The predicted molar refractivity (Wildman–Crippen MR) is 97.9 cm³/mol. The molecule has 0 saturated carbocycles. The van der Waals surface area contributed by atoms with Crippen LogP contribution >= 0.6 is 0 Å². The summed E-state index contributed by atoms with van der Waals surface area (Å²) in [5.74, 6) is -0.716. The fourth-order valence-electron chi connectivity index (χ4n) is 3.05. The monoisotopic (exact) mass is 376 g/mol. The molecule has 1 heterocycles. The summed E-state index contributed by atoms with van der Waals surface area (Å²) in [5.41, 5.74) is 1.63. The van der Waals surface area contributed by atoms with Crippen molar-refractivity contribution in [1.82, 2.24) is 4.72 Å². The Hall–Kier alpha value is -2.25. The number of hydrogen-bond acceptors (Lipinski definition) is 3. The molecule has 1 N–H and O–H groups in total. The molecule has 2 aromatic carbocycles. The second-order valence-corrected chi connectivity index (χ2v) is 8.04. The first kappa shape index (κ1) is 18.5. The topological polar surface area (TPSA) is 66.5 Å². The summed E-state index contributed by atoms with van der Waals surface area (Å²) in [5, 5.41) is 0. The molecule has 1 saturated heterocycles. The molecule has 1 amide bonds. The van der Waals surface area contributed by atoms with Crippen molar-refractivity contribution in [3.05, 3.63) is 59.9 Å². The molecule has 0 unspecified atom stereocenters. The van der Waals surface area contributed by atoms with Gasteiger partial charge in [-0.3, -0.25) is 4.79 Å². The van der Waals surface area contributed by atoms with Crippen LogP contribution < -0.4 is 9.62 Å². The number of sulfonamides is 1. The van der Waals surface area contributed by atoms with Crippen molar-refractivity contribution >= 4 is 21.6 Å². The van der Waals surface area contributed by atoms with Crippen LogP contribution in [0.2, 0.25) is 0 Å². The number of carbonyl (C=O) groups is 1. The quantitative estimate of drug-likeness (QED) is 0.843. The third-order valence-electron chi connectivity index (χ3n) is 4.41. The first-order chi connectivity index (χ1) is 12.4. The van der Waals surface area contributed by atoms with Gasteiger partial charge in [0.25, 0.3) is 0 Å². The van der Waals surface area contributed by atoms with E-state index in [1.54, 1.807) is 24.3 Å². The first-order valence-corrected chi connectivity index (χ1v) is 10.1. The second kappa shape index (κ2) is 7.55. The maximum atomic E-state index is 13.0. The summed E-state index contributed by atoms with van der Waals surface area (Å²) in [6.07, 6.45) is 2.24.